The highest BCUT2D eigenvalue weighted by Crippen LogP contribution is 2.11. The summed E-state index contributed by atoms with van der Waals surface area (Å²) in [5.41, 5.74) is 12.0. The molecule has 0 aliphatic carbocycles. The van der Waals surface area contributed by atoms with Crippen molar-refractivity contribution in [3.63, 3.8) is 0 Å². The van der Waals surface area contributed by atoms with E-state index in [4.69, 9.17) is 11.5 Å². The van der Waals surface area contributed by atoms with Crippen LogP contribution in [0.4, 0.5) is 0 Å². The number of hydrogen-bond acceptors (Lipinski definition) is 3. The topological polar surface area (TPSA) is 89.4 Å². The number of carbonyl (C=O) groups is 2. The molecule has 0 spiro atoms. The van der Waals surface area contributed by atoms with Gasteiger partial charge in [-0.2, -0.15) is 0 Å². The Morgan fingerprint density at radius 2 is 1.94 bits per heavy atom. The van der Waals surface area contributed by atoms with E-state index >= 15 is 0 Å². The van der Waals surface area contributed by atoms with E-state index < -0.39 is 5.91 Å². The summed E-state index contributed by atoms with van der Waals surface area (Å²) >= 11 is 0. The predicted molar refractivity (Wildman–Crippen MR) is 65.4 cm³/mol. The summed E-state index contributed by atoms with van der Waals surface area (Å²) in [6.07, 6.45) is 0.631. The number of primary amides is 1. The van der Waals surface area contributed by atoms with Crippen molar-refractivity contribution in [3.8, 4) is 0 Å². The molecule has 5 nitrogen and oxygen atoms in total. The van der Waals surface area contributed by atoms with Gasteiger partial charge in [0.1, 0.15) is 0 Å². The van der Waals surface area contributed by atoms with Gasteiger partial charge in [0.05, 0.1) is 6.54 Å². The van der Waals surface area contributed by atoms with Crippen LogP contribution in [0.2, 0.25) is 0 Å². The van der Waals surface area contributed by atoms with Crippen LogP contribution in [0.15, 0.2) is 24.3 Å². The summed E-state index contributed by atoms with van der Waals surface area (Å²) in [7, 11) is 1.55. The first-order valence-electron chi connectivity index (χ1n) is 5.38. The molecule has 2 amide bonds. The van der Waals surface area contributed by atoms with Crippen LogP contribution in [0.5, 0.6) is 0 Å². The first kappa shape index (κ1) is 13.2. The molecule has 0 saturated carbocycles. The number of benzene rings is 1. The van der Waals surface area contributed by atoms with Gasteiger partial charge in [-0.1, -0.05) is 18.2 Å². The Hall–Kier alpha value is -1.88. The van der Waals surface area contributed by atoms with Gasteiger partial charge in [-0.15, -0.1) is 0 Å². The molecule has 0 aliphatic rings. The van der Waals surface area contributed by atoms with E-state index in [-0.39, 0.29) is 12.5 Å². The van der Waals surface area contributed by atoms with Crippen molar-refractivity contribution in [2.24, 2.45) is 11.5 Å². The Balaban J connectivity index is 2.91. The van der Waals surface area contributed by atoms with Crippen molar-refractivity contribution in [2.45, 2.75) is 6.42 Å². The molecule has 5 heteroatoms. The van der Waals surface area contributed by atoms with Gasteiger partial charge in [0, 0.05) is 12.6 Å². The molecule has 1 aromatic carbocycles. The molecule has 0 heterocycles. The maximum atomic E-state index is 12.1. The van der Waals surface area contributed by atoms with E-state index in [1.807, 2.05) is 12.1 Å². The van der Waals surface area contributed by atoms with Crippen molar-refractivity contribution in [2.75, 3.05) is 20.1 Å². The Morgan fingerprint density at radius 3 is 2.53 bits per heavy atom. The summed E-state index contributed by atoms with van der Waals surface area (Å²) in [6.45, 7) is 0.389. The smallest absolute Gasteiger partial charge is 0.254 e. The lowest BCUT2D eigenvalue weighted by molar-refractivity contribution is -0.118. The summed E-state index contributed by atoms with van der Waals surface area (Å²) in [5, 5.41) is 0. The Kier molecular flexibility index (Phi) is 4.66. The number of rotatable bonds is 5. The van der Waals surface area contributed by atoms with Gasteiger partial charge in [0.2, 0.25) is 5.91 Å². The van der Waals surface area contributed by atoms with Crippen LogP contribution in [0.25, 0.3) is 0 Å². The van der Waals surface area contributed by atoms with Crippen molar-refractivity contribution in [1.82, 2.24) is 4.90 Å². The summed E-state index contributed by atoms with van der Waals surface area (Å²) < 4.78 is 0. The Labute approximate surface area is 100 Å². The number of hydrogen-bond donors (Lipinski definition) is 2. The number of amides is 2. The number of likely N-dealkylation sites (N-methyl/N-ethyl adjacent to an activating group) is 1. The molecule has 0 aromatic heterocycles. The molecule has 0 unspecified atom stereocenters. The summed E-state index contributed by atoms with van der Waals surface area (Å²) in [5.74, 6) is -0.745. The fourth-order valence-electron chi connectivity index (χ4n) is 1.61. The van der Waals surface area contributed by atoms with E-state index in [9.17, 15) is 9.59 Å². The maximum Gasteiger partial charge on any atom is 0.254 e. The maximum absolute atomic E-state index is 12.1. The molecule has 0 radical (unpaired) electrons. The minimum absolute atomic E-state index is 0.0875. The first-order valence-corrected chi connectivity index (χ1v) is 5.38. The largest absolute Gasteiger partial charge is 0.368 e. The highest BCUT2D eigenvalue weighted by Gasteiger charge is 2.16. The zero-order valence-electron chi connectivity index (χ0n) is 9.85. The number of nitrogens with zero attached hydrogens (tertiary/aromatic N) is 1. The standard InChI is InChI=1S/C12H17N3O2/c1-15(8-11(14)16)12(17)10-5-3-2-4-9(10)6-7-13/h2-5H,6-8,13H2,1H3,(H2,14,16). The minimum atomic E-state index is -0.530. The molecule has 17 heavy (non-hydrogen) atoms. The summed E-state index contributed by atoms with van der Waals surface area (Å²) in [4.78, 5) is 24.1. The second kappa shape index (κ2) is 6.00. The minimum Gasteiger partial charge on any atom is -0.368 e. The SMILES string of the molecule is CN(CC(N)=O)C(=O)c1ccccc1CCN. The first-order chi connectivity index (χ1) is 8.06. The average molecular weight is 235 g/mol. The van der Waals surface area contributed by atoms with Gasteiger partial charge in [0.25, 0.3) is 5.91 Å². The van der Waals surface area contributed by atoms with Crippen molar-refractivity contribution in [1.29, 1.82) is 0 Å². The Morgan fingerprint density at radius 1 is 1.29 bits per heavy atom. The molecule has 1 aromatic rings. The second-order valence-corrected chi connectivity index (χ2v) is 3.82. The van der Waals surface area contributed by atoms with Crippen LogP contribution in [0.3, 0.4) is 0 Å². The lowest BCUT2D eigenvalue weighted by Gasteiger charge is -2.17. The van der Waals surface area contributed by atoms with Crippen LogP contribution < -0.4 is 11.5 Å². The molecule has 92 valence electrons. The monoisotopic (exact) mass is 235 g/mol. The van der Waals surface area contributed by atoms with E-state index in [1.54, 1.807) is 19.2 Å². The second-order valence-electron chi connectivity index (χ2n) is 3.82. The molecule has 0 atom stereocenters. The molecular weight excluding hydrogens is 218 g/mol. The normalized spacial score (nSPS) is 10.0. The quantitative estimate of drug-likeness (QED) is 0.737. The van der Waals surface area contributed by atoms with Crippen molar-refractivity contribution in [3.05, 3.63) is 35.4 Å². The highest BCUT2D eigenvalue weighted by atomic mass is 16.2. The average Bonchev–Trinajstić information content (AvgIpc) is 2.28. The molecule has 0 bridgehead atoms. The third-order valence-corrected chi connectivity index (χ3v) is 2.40. The van der Waals surface area contributed by atoms with Gasteiger partial charge in [-0.05, 0) is 24.6 Å². The molecule has 0 fully saturated rings. The molecule has 0 aliphatic heterocycles. The lowest BCUT2D eigenvalue weighted by Crippen LogP contribution is -2.35. The van der Waals surface area contributed by atoms with Crippen molar-refractivity contribution >= 4 is 11.8 Å². The molecule has 0 saturated heterocycles. The van der Waals surface area contributed by atoms with E-state index in [2.05, 4.69) is 0 Å². The van der Waals surface area contributed by atoms with Crippen LogP contribution in [-0.2, 0) is 11.2 Å². The number of carbonyl (C=O) groups excluding carboxylic acids is 2. The fraction of sp³-hybridized carbons (Fsp3) is 0.333. The third kappa shape index (κ3) is 3.57. The lowest BCUT2D eigenvalue weighted by atomic mass is 10.0. The Bertz CT molecular complexity index is 418. The van der Waals surface area contributed by atoms with E-state index in [1.165, 1.54) is 4.90 Å². The van der Waals surface area contributed by atoms with E-state index in [0.29, 0.717) is 18.5 Å². The van der Waals surface area contributed by atoms with Gasteiger partial charge in [-0.3, -0.25) is 9.59 Å². The van der Waals surface area contributed by atoms with Crippen molar-refractivity contribution < 1.29 is 9.59 Å². The van der Waals surface area contributed by atoms with Gasteiger partial charge >= 0.3 is 0 Å². The number of nitrogens with two attached hydrogens (primary N) is 2. The van der Waals surface area contributed by atoms with Crippen LogP contribution in [-0.4, -0.2) is 36.9 Å². The summed E-state index contributed by atoms with van der Waals surface area (Å²) in [6, 6.07) is 7.23. The van der Waals surface area contributed by atoms with Gasteiger partial charge < -0.3 is 16.4 Å². The highest BCUT2D eigenvalue weighted by molar-refractivity contribution is 5.97. The zero-order chi connectivity index (χ0) is 12.8. The third-order valence-electron chi connectivity index (χ3n) is 2.40. The van der Waals surface area contributed by atoms with E-state index in [0.717, 1.165) is 5.56 Å². The molecular formula is C12H17N3O2. The fourth-order valence-corrected chi connectivity index (χ4v) is 1.61. The van der Waals surface area contributed by atoms with Gasteiger partial charge in [-0.25, -0.2) is 0 Å². The van der Waals surface area contributed by atoms with Crippen LogP contribution >= 0.6 is 0 Å². The zero-order valence-corrected chi connectivity index (χ0v) is 9.85. The van der Waals surface area contributed by atoms with Crippen LogP contribution in [0.1, 0.15) is 15.9 Å². The van der Waals surface area contributed by atoms with Gasteiger partial charge in [0.15, 0.2) is 0 Å². The molecule has 4 N–H and O–H groups in total. The molecule has 1 rings (SSSR count). The predicted octanol–water partition coefficient (Wildman–Crippen LogP) is -0.255. The van der Waals surface area contributed by atoms with Crippen LogP contribution in [0, 0.1) is 0 Å².